The SMILES string of the molecule is CC(OCC(O)CNCCCCN(C)C)c1ccccc1. The number of aliphatic hydroxyl groups is 1. The van der Waals surface area contributed by atoms with Crippen molar-refractivity contribution < 1.29 is 9.84 Å². The molecule has 1 rings (SSSR count). The number of hydrogen-bond acceptors (Lipinski definition) is 4. The molecule has 0 aliphatic heterocycles. The van der Waals surface area contributed by atoms with Crippen molar-refractivity contribution in [1.82, 2.24) is 10.2 Å². The van der Waals surface area contributed by atoms with Gasteiger partial charge in [-0.3, -0.25) is 0 Å². The van der Waals surface area contributed by atoms with Crippen LogP contribution in [0.4, 0.5) is 0 Å². The summed E-state index contributed by atoms with van der Waals surface area (Å²) in [4.78, 5) is 2.19. The fourth-order valence-corrected chi connectivity index (χ4v) is 2.08. The number of benzene rings is 1. The highest BCUT2D eigenvalue weighted by Crippen LogP contribution is 2.15. The highest BCUT2D eigenvalue weighted by atomic mass is 16.5. The summed E-state index contributed by atoms with van der Waals surface area (Å²) in [5.41, 5.74) is 1.14. The third-order valence-electron chi connectivity index (χ3n) is 3.40. The Morgan fingerprint density at radius 2 is 1.90 bits per heavy atom. The minimum atomic E-state index is -0.454. The highest BCUT2D eigenvalue weighted by molar-refractivity contribution is 5.16. The maximum absolute atomic E-state index is 9.89. The van der Waals surface area contributed by atoms with Crippen molar-refractivity contribution in [3.05, 3.63) is 35.9 Å². The van der Waals surface area contributed by atoms with E-state index in [1.54, 1.807) is 0 Å². The van der Waals surface area contributed by atoms with Gasteiger partial charge in [-0.1, -0.05) is 30.3 Å². The predicted molar refractivity (Wildman–Crippen MR) is 87.5 cm³/mol. The van der Waals surface area contributed by atoms with Gasteiger partial charge in [0, 0.05) is 6.54 Å². The van der Waals surface area contributed by atoms with Crippen LogP contribution in [-0.2, 0) is 4.74 Å². The van der Waals surface area contributed by atoms with Crippen molar-refractivity contribution in [2.24, 2.45) is 0 Å². The van der Waals surface area contributed by atoms with Crippen LogP contribution < -0.4 is 5.32 Å². The van der Waals surface area contributed by atoms with Crippen molar-refractivity contribution in [2.75, 3.05) is 40.3 Å². The number of nitrogens with one attached hydrogen (secondary N) is 1. The molecule has 4 heteroatoms. The minimum absolute atomic E-state index is 0.0148. The molecule has 0 amide bonds. The summed E-state index contributed by atoms with van der Waals surface area (Å²) in [6, 6.07) is 10.1. The van der Waals surface area contributed by atoms with Gasteiger partial charge in [0.1, 0.15) is 0 Å². The van der Waals surface area contributed by atoms with Crippen LogP contribution in [0.3, 0.4) is 0 Å². The molecule has 21 heavy (non-hydrogen) atoms. The third-order valence-corrected chi connectivity index (χ3v) is 3.40. The number of ether oxygens (including phenoxy) is 1. The van der Waals surface area contributed by atoms with Gasteiger partial charge in [-0.2, -0.15) is 0 Å². The maximum atomic E-state index is 9.89. The summed E-state index contributed by atoms with van der Waals surface area (Å²) in [6.45, 7) is 5.02. The summed E-state index contributed by atoms with van der Waals surface area (Å²) in [6.07, 6.45) is 1.87. The largest absolute Gasteiger partial charge is 0.389 e. The number of hydrogen-bond donors (Lipinski definition) is 2. The molecule has 0 aliphatic carbocycles. The first-order valence-electron chi connectivity index (χ1n) is 7.79. The van der Waals surface area contributed by atoms with Crippen molar-refractivity contribution >= 4 is 0 Å². The van der Waals surface area contributed by atoms with Crippen molar-refractivity contribution in [3.63, 3.8) is 0 Å². The van der Waals surface area contributed by atoms with Crippen LogP contribution >= 0.6 is 0 Å². The summed E-state index contributed by atoms with van der Waals surface area (Å²) < 4.78 is 5.70. The van der Waals surface area contributed by atoms with Crippen LogP contribution in [0.1, 0.15) is 31.4 Å². The Bertz CT molecular complexity index is 357. The standard InChI is InChI=1S/C17H30N2O2/c1-15(16-9-5-4-6-10-16)21-14-17(20)13-18-11-7-8-12-19(2)3/h4-6,9-10,15,17-18,20H,7-8,11-14H2,1-3H3. The van der Waals surface area contributed by atoms with Crippen molar-refractivity contribution in [1.29, 1.82) is 0 Å². The summed E-state index contributed by atoms with van der Waals surface area (Å²) in [5.74, 6) is 0. The molecule has 0 aliphatic rings. The molecule has 4 nitrogen and oxygen atoms in total. The second-order valence-corrected chi connectivity index (χ2v) is 5.75. The lowest BCUT2D eigenvalue weighted by Gasteiger charge is -2.17. The maximum Gasteiger partial charge on any atom is 0.0897 e. The molecule has 0 bridgehead atoms. The predicted octanol–water partition coefficient (Wildman–Crippen LogP) is 2.06. The molecule has 1 aromatic carbocycles. The van der Waals surface area contributed by atoms with Crippen molar-refractivity contribution in [3.8, 4) is 0 Å². The Labute approximate surface area is 129 Å². The molecular weight excluding hydrogens is 264 g/mol. The lowest BCUT2D eigenvalue weighted by molar-refractivity contribution is -0.00197. The fraction of sp³-hybridized carbons (Fsp3) is 0.647. The number of rotatable bonds is 11. The third kappa shape index (κ3) is 8.83. The van der Waals surface area contributed by atoms with E-state index >= 15 is 0 Å². The van der Waals surface area contributed by atoms with Gasteiger partial charge in [0.15, 0.2) is 0 Å². The van der Waals surface area contributed by atoms with E-state index in [1.165, 1.54) is 6.42 Å². The Morgan fingerprint density at radius 1 is 1.19 bits per heavy atom. The normalized spacial score (nSPS) is 14.3. The first-order valence-corrected chi connectivity index (χ1v) is 7.79. The van der Waals surface area contributed by atoms with E-state index < -0.39 is 6.10 Å². The van der Waals surface area contributed by atoms with Gasteiger partial charge in [-0.05, 0) is 52.5 Å². The molecule has 0 saturated heterocycles. The molecule has 0 fully saturated rings. The van der Waals surface area contributed by atoms with E-state index in [0.717, 1.165) is 25.1 Å². The number of aliphatic hydroxyl groups excluding tert-OH is 1. The second kappa shape index (κ2) is 10.7. The zero-order chi connectivity index (χ0) is 15.5. The molecule has 2 atom stereocenters. The van der Waals surface area contributed by atoms with Crippen LogP contribution in [0.15, 0.2) is 30.3 Å². The quantitative estimate of drug-likeness (QED) is 0.613. The van der Waals surface area contributed by atoms with Gasteiger partial charge < -0.3 is 20.1 Å². The molecular formula is C17H30N2O2. The zero-order valence-corrected chi connectivity index (χ0v) is 13.6. The fourth-order valence-electron chi connectivity index (χ4n) is 2.08. The Balaban J connectivity index is 2.05. The van der Waals surface area contributed by atoms with E-state index in [2.05, 4.69) is 24.3 Å². The van der Waals surface area contributed by atoms with E-state index in [1.807, 2.05) is 37.3 Å². The second-order valence-electron chi connectivity index (χ2n) is 5.75. The van der Waals surface area contributed by atoms with Crippen LogP contribution in [0, 0.1) is 0 Å². The Kier molecular flexibility index (Phi) is 9.26. The molecule has 2 unspecified atom stereocenters. The summed E-state index contributed by atoms with van der Waals surface area (Å²) in [5, 5.41) is 13.2. The van der Waals surface area contributed by atoms with E-state index in [-0.39, 0.29) is 6.10 Å². The lowest BCUT2D eigenvalue weighted by Crippen LogP contribution is -2.31. The molecule has 2 N–H and O–H groups in total. The molecule has 1 aromatic rings. The lowest BCUT2D eigenvalue weighted by atomic mass is 10.1. The van der Waals surface area contributed by atoms with Crippen LogP contribution in [0.25, 0.3) is 0 Å². The van der Waals surface area contributed by atoms with Gasteiger partial charge in [-0.25, -0.2) is 0 Å². The van der Waals surface area contributed by atoms with Gasteiger partial charge in [0.2, 0.25) is 0 Å². The van der Waals surface area contributed by atoms with Gasteiger partial charge >= 0.3 is 0 Å². The minimum Gasteiger partial charge on any atom is -0.389 e. The molecule has 120 valence electrons. The summed E-state index contributed by atoms with van der Waals surface area (Å²) >= 11 is 0. The van der Waals surface area contributed by atoms with E-state index in [4.69, 9.17) is 4.74 Å². The number of nitrogens with zero attached hydrogens (tertiary/aromatic N) is 1. The highest BCUT2D eigenvalue weighted by Gasteiger charge is 2.09. The van der Waals surface area contributed by atoms with Crippen LogP contribution in [0.2, 0.25) is 0 Å². The van der Waals surface area contributed by atoms with E-state index in [0.29, 0.717) is 13.2 Å². The van der Waals surface area contributed by atoms with Crippen molar-refractivity contribution in [2.45, 2.75) is 32.0 Å². The first kappa shape index (κ1) is 18.1. The molecule has 0 spiro atoms. The zero-order valence-electron chi connectivity index (χ0n) is 13.6. The van der Waals surface area contributed by atoms with Crippen LogP contribution in [0.5, 0.6) is 0 Å². The molecule has 0 aromatic heterocycles. The smallest absolute Gasteiger partial charge is 0.0897 e. The van der Waals surface area contributed by atoms with Gasteiger partial charge in [-0.15, -0.1) is 0 Å². The monoisotopic (exact) mass is 294 g/mol. The molecule has 0 saturated carbocycles. The molecule has 0 heterocycles. The average molecular weight is 294 g/mol. The van der Waals surface area contributed by atoms with Gasteiger partial charge in [0.25, 0.3) is 0 Å². The number of unbranched alkanes of at least 4 members (excludes halogenated alkanes) is 1. The Hall–Kier alpha value is -0.940. The van der Waals surface area contributed by atoms with Crippen LogP contribution in [-0.4, -0.2) is 56.4 Å². The van der Waals surface area contributed by atoms with E-state index in [9.17, 15) is 5.11 Å². The average Bonchev–Trinajstić information content (AvgIpc) is 2.49. The molecule has 0 radical (unpaired) electrons. The van der Waals surface area contributed by atoms with Gasteiger partial charge in [0.05, 0.1) is 18.8 Å². The topological polar surface area (TPSA) is 44.7 Å². The Morgan fingerprint density at radius 3 is 2.57 bits per heavy atom. The first-order chi connectivity index (χ1) is 10.1. The summed E-state index contributed by atoms with van der Waals surface area (Å²) in [7, 11) is 4.17.